The predicted octanol–water partition coefficient (Wildman–Crippen LogP) is 5.57. The Hall–Kier alpha value is -2.84. The number of nitrogens with zero attached hydrogens (tertiary/aromatic N) is 3. The second kappa shape index (κ2) is 17.7. The van der Waals surface area contributed by atoms with E-state index in [9.17, 15) is 14.0 Å². The molecule has 2 atom stereocenters. The van der Waals surface area contributed by atoms with Crippen LogP contribution in [0.5, 0.6) is 0 Å². The van der Waals surface area contributed by atoms with Crippen LogP contribution in [0.3, 0.4) is 0 Å². The van der Waals surface area contributed by atoms with Gasteiger partial charge in [-0.3, -0.25) is 4.79 Å². The number of unbranched alkanes of at least 4 members (excludes halogenated alkanes) is 4. The number of benzene rings is 1. The topological polar surface area (TPSA) is 77.6 Å². The summed E-state index contributed by atoms with van der Waals surface area (Å²) in [7, 11) is 3.54. The molecule has 1 aromatic heterocycles. The summed E-state index contributed by atoms with van der Waals surface area (Å²) in [6.07, 6.45) is 12.5. The van der Waals surface area contributed by atoms with Gasteiger partial charge >= 0.3 is 0 Å². The largest absolute Gasteiger partial charge is 0.335 e. The second-order valence-electron chi connectivity index (χ2n) is 10.2. The molecule has 7 nitrogen and oxygen atoms in total. The van der Waals surface area contributed by atoms with Gasteiger partial charge in [0.1, 0.15) is 17.9 Å². The van der Waals surface area contributed by atoms with Gasteiger partial charge in [-0.2, -0.15) is 0 Å². The minimum Gasteiger partial charge on any atom is -0.335 e. The fraction of sp³-hybridized carbons (Fsp3) is 0.581. The number of likely N-dealkylation sites (N-methyl/N-ethyl adjacent to an activating group) is 2. The average Bonchev–Trinajstić information content (AvgIpc) is 3.61. The van der Waals surface area contributed by atoms with Gasteiger partial charge in [-0.25, -0.2) is 9.37 Å². The molecule has 0 radical (unpaired) electrons. The van der Waals surface area contributed by atoms with Crippen molar-refractivity contribution in [2.45, 2.75) is 84.2 Å². The van der Waals surface area contributed by atoms with Gasteiger partial charge in [0.05, 0.1) is 18.6 Å². The Labute approximate surface area is 234 Å². The van der Waals surface area contributed by atoms with Crippen molar-refractivity contribution in [1.82, 2.24) is 20.5 Å². The number of amides is 1. The maximum atomic E-state index is 13.5. The molecule has 3 heterocycles. The molecule has 1 fully saturated rings. The number of carbonyl (C=O) groups excluding carboxylic acids is 2. The monoisotopic (exact) mass is 541 g/mol. The molecule has 4 rings (SSSR count). The van der Waals surface area contributed by atoms with Gasteiger partial charge in [-0.05, 0) is 81.7 Å². The molecule has 1 amide bonds. The van der Waals surface area contributed by atoms with Crippen molar-refractivity contribution < 1.29 is 14.0 Å². The first kappa shape index (κ1) is 32.4. The van der Waals surface area contributed by atoms with Crippen molar-refractivity contribution in [2.75, 3.05) is 38.6 Å². The van der Waals surface area contributed by atoms with E-state index >= 15 is 0 Å². The summed E-state index contributed by atoms with van der Waals surface area (Å²) < 4.78 is 13.5. The molecule has 1 unspecified atom stereocenters. The lowest BCUT2D eigenvalue weighted by Crippen LogP contribution is -2.36. The van der Waals surface area contributed by atoms with E-state index in [4.69, 9.17) is 0 Å². The number of carbonyl (C=O) groups is 2. The fourth-order valence-corrected chi connectivity index (χ4v) is 4.81. The molecule has 216 valence electrons. The highest BCUT2D eigenvalue weighted by Crippen LogP contribution is 2.37. The summed E-state index contributed by atoms with van der Waals surface area (Å²) in [6.45, 7) is 8.24. The minimum absolute atomic E-state index is 0.00463. The summed E-state index contributed by atoms with van der Waals surface area (Å²) >= 11 is 0. The molecule has 2 aromatic rings. The van der Waals surface area contributed by atoms with Crippen molar-refractivity contribution >= 4 is 23.7 Å². The molecule has 2 aliphatic heterocycles. The van der Waals surface area contributed by atoms with Gasteiger partial charge in [0.2, 0.25) is 5.91 Å². The van der Waals surface area contributed by atoms with E-state index in [2.05, 4.69) is 40.4 Å². The minimum atomic E-state index is -0.197. The number of rotatable bonds is 10. The number of nitrogens with one attached hydrogen (secondary N) is 2. The van der Waals surface area contributed by atoms with E-state index in [1.54, 1.807) is 27.1 Å². The first-order valence-corrected chi connectivity index (χ1v) is 14.5. The Balaban J connectivity index is 0.000000343. The SMILES string of the molecule is CCCCCCC.CNC(C)C=O.CNCC(=O)N1CCC[C@H]1c1ccnc(N2CCc3cc(F)ccc32)c1. The number of aromatic nitrogens is 1. The summed E-state index contributed by atoms with van der Waals surface area (Å²) in [5.74, 6) is 0.799. The van der Waals surface area contributed by atoms with E-state index in [1.165, 1.54) is 38.2 Å². The van der Waals surface area contributed by atoms with E-state index in [0.29, 0.717) is 6.54 Å². The van der Waals surface area contributed by atoms with Crippen LogP contribution in [0.1, 0.15) is 82.9 Å². The Bertz CT molecular complexity index is 1010. The Kier molecular flexibility index (Phi) is 14.7. The van der Waals surface area contributed by atoms with Gasteiger partial charge in [0, 0.05) is 25.0 Å². The highest BCUT2D eigenvalue weighted by Gasteiger charge is 2.30. The molecule has 8 heteroatoms. The molecule has 2 aliphatic rings. The number of pyridine rings is 1. The van der Waals surface area contributed by atoms with E-state index in [-0.39, 0.29) is 23.8 Å². The third-order valence-electron chi connectivity index (χ3n) is 7.14. The average molecular weight is 542 g/mol. The van der Waals surface area contributed by atoms with Crippen LogP contribution in [-0.4, -0.2) is 61.8 Å². The molecule has 0 aliphatic carbocycles. The smallest absolute Gasteiger partial charge is 0.237 e. The number of fused-ring (bicyclic) bond motifs is 1. The van der Waals surface area contributed by atoms with Crippen molar-refractivity contribution in [3.05, 3.63) is 53.5 Å². The van der Waals surface area contributed by atoms with Crippen LogP contribution in [0.4, 0.5) is 15.9 Å². The maximum absolute atomic E-state index is 13.5. The van der Waals surface area contributed by atoms with Crippen molar-refractivity contribution in [2.24, 2.45) is 0 Å². The molecular weight excluding hydrogens is 493 g/mol. The fourth-order valence-electron chi connectivity index (χ4n) is 4.81. The summed E-state index contributed by atoms with van der Waals surface area (Å²) in [6, 6.07) is 9.11. The first-order valence-electron chi connectivity index (χ1n) is 14.5. The third kappa shape index (κ3) is 10.0. The summed E-state index contributed by atoms with van der Waals surface area (Å²) in [5, 5.41) is 5.69. The van der Waals surface area contributed by atoms with Crippen LogP contribution >= 0.6 is 0 Å². The summed E-state index contributed by atoms with van der Waals surface area (Å²) in [5.41, 5.74) is 3.15. The van der Waals surface area contributed by atoms with Crippen LogP contribution in [0.2, 0.25) is 0 Å². The molecule has 1 aromatic carbocycles. The van der Waals surface area contributed by atoms with Crippen molar-refractivity contribution in [3.63, 3.8) is 0 Å². The zero-order chi connectivity index (χ0) is 28.6. The Morgan fingerprint density at radius 3 is 2.49 bits per heavy atom. The lowest BCUT2D eigenvalue weighted by molar-refractivity contribution is -0.131. The third-order valence-corrected chi connectivity index (χ3v) is 7.14. The van der Waals surface area contributed by atoms with Crippen LogP contribution in [0, 0.1) is 5.82 Å². The molecule has 39 heavy (non-hydrogen) atoms. The lowest BCUT2D eigenvalue weighted by Gasteiger charge is -2.26. The first-order chi connectivity index (χ1) is 18.9. The van der Waals surface area contributed by atoms with Gasteiger partial charge in [-0.1, -0.05) is 46.0 Å². The zero-order valence-electron chi connectivity index (χ0n) is 24.5. The second-order valence-corrected chi connectivity index (χ2v) is 10.2. The normalized spacial score (nSPS) is 16.5. The van der Waals surface area contributed by atoms with E-state index in [0.717, 1.165) is 61.3 Å². The van der Waals surface area contributed by atoms with Crippen LogP contribution in [0.15, 0.2) is 36.5 Å². The highest BCUT2D eigenvalue weighted by molar-refractivity contribution is 5.79. The Morgan fingerprint density at radius 1 is 1.13 bits per heavy atom. The molecule has 0 bridgehead atoms. The predicted molar refractivity (Wildman–Crippen MR) is 158 cm³/mol. The molecule has 1 saturated heterocycles. The number of hydrogen-bond acceptors (Lipinski definition) is 6. The number of aldehydes is 1. The number of anilines is 2. The van der Waals surface area contributed by atoms with Gasteiger partial charge in [-0.15, -0.1) is 0 Å². The summed E-state index contributed by atoms with van der Waals surface area (Å²) in [4.78, 5) is 30.7. The highest BCUT2D eigenvalue weighted by atomic mass is 19.1. The molecule has 0 spiro atoms. The molecular formula is C31H48FN5O2. The van der Waals surface area contributed by atoms with Crippen LogP contribution in [-0.2, 0) is 16.0 Å². The zero-order valence-corrected chi connectivity index (χ0v) is 24.5. The number of halogens is 1. The van der Waals surface area contributed by atoms with Crippen LogP contribution in [0.25, 0.3) is 0 Å². The number of hydrogen-bond donors (Lipinski definition) is 2. The van der Waals surface area contributed by atoms with Gasteiger partial charge in [0.25, 0.3) is 0 Å². The Morgan fingerprint density at radius 2 is 1.87 bits per heavy atom. The lowest BCUT2D eigenvalue weighted by atomic mass is 10.1. The van der Waals surface area contributed by atoms with Crippen molar-refractivity contribution in [3.8, 4) is 0 Å². The van der Waals surface area contributed by atoms with Gasteiger partial charge in [0.15, 0.2) is 0 Å². The maximum Gasteiger partial charge on any atom is 0.237 e. The van der Waals surface area contributed by atoms with Crippen molar-refractivity contribution in [1.29, 1.82) is 0 Å². The van der Waals surface area contributed by atoms with Crippen LogP contribution < -0.4 is 15.5 Å². The molecule has 0 saturated carbocycles. The van der Waals surface area contributed by atoms with E-state index < -0.39 is 0 Å². The van der Waals surface area contributed by atoms with E-state index in [1.807, 2.05) is 23.2 Å². The quantitative estimate of drug-likeness (QED) is 0.303. The molecule has 2 N–H and O–H groups in total. The number of likely N-dealkylation sites (tertiary alicyclic amines) is 1. The standard InChI is InChI=1S/C20H23FN4O.C7H16.C4H9NO/c1-22-13-20(26)25-9-2-3-17(25)14-6-8-23-19(12-14)24-10-7-15-11-16(21)4-5-18(15)24;1-3-5-7-6-4-2;1-4(3-6)5-2/h4-6,8,11-12,17,22H,2-3,7,9-10,13H2,1H3;3-7H2,1-2H3;3-5H,1-2H3/t17-;;/m0../s1. The van der Waals surface area contributed by atoms with Gasteiger partial charge < -0.3 is 25.2 Å².